The largest absolute Gasteiger partial charge is 0.349 e. The molecule has 0 radical (unpaired) electrons. The molecule has 1 atom stereocenters. The van der Waals surface area contributed by atoms with Crippen molar-refractivity contribution in [3.63, 3.8) is 0 Å². The summed E-state index contributed by atoms with van der Waals surface area (Å²) < 4.78 is 3.96. The van der Waals surface area contributed by atoms with Crippen molar-refractivity contribution in [2.75, 3.05) is 5.75 Å². The number of carbonyl (C=O) groups is 1. The number of nitrogens with zero attached hydrogens (tertiary/aromatic N) is 4. The van der Waals surface area contributed by atoms with Crippen LogP contribution in [0.15, 0.2) is 78.7 Å². The van der Waals surface area contributed by atoms with Gasteiger partial charge in [0.2, 0.25) is 5.91 Å². The molecule has 4 rings (SSSR count). The highest BCUT2D eigenvalue weighted by atomic mass is 32.2. The van der Waals surface area contributed by atoms with Crippen molar-refractivity contribution in [1.29, 1.82) is 0 Å². The van der Waals surface area contributed by atoms with E-state index in [1.807, 2.05) is 52.7 Å². The van der Waals surface area contributed by atoms with Gasteiger partial charge in [0, 0.05) is 36.2 Å². The summed E-state index contributed by atoms with van der Waals surface area (Å²) in [6.45, 7) is 6.18. The van der Waals surface area contributed by atoms with Gasteiger partial charge in [-0.05, 0) is 61.7 Å². The number of imidazole rings is 2. The molecule has 31 heavy (non-hydrogen) atoms. The van der Waals surface area contributed by atoms with Crippen LogP contribution in [0.2, 0.25) is 0 Å². The monoisotopic (exact) mass is 431 g/mol. The Morgan fingerprint density at radius 3 is 2.52 bits per heavy atom. The van der Waals surface area contributed by atoms with Crippen molar-refractivity contribution in [2.24, 2.45) is 0 Å². The first-order valence-electron chi connectivity index (χ1n) is 10.1. The summed E-state index contributed by atoms with van der Waals surface area (Å²) in [7, 11) is 0. The van der Waals surface area contributed by atoms with Crippen molar-refractivity contribution >= 4 is 17.7 Å². The van der Waals surface area contributed by atoms with Crippen LogP contribution in [0.4, 0.5) is 0 Å². The lowest BCUT2D eigenvalue weighted by Gasteiger charge is -2.15. The molecule has 7 heteroatoms. The summed E-state index contributed by atoms with van der Waals surface area (Å²) in [6, 6.07) is 14.3. The molecule has 0 saturated carbocycles. The number of thioether (sulfide) groups is 1. The summed E-state index contributed by atoms with van der Waals surface area (Å²) in [4.78, 5) is 21.0. The Bertz CT molecular complexity index is 1170. The smallest absolute Gasteiger partial charge is 0.230 e. The van der Waals surface area contributed by atoms with E-state index in [4.69, 9.17) is 0 Å². The zero-order chi connectivity index (χ0) is 21.8. The van der Waals surface area contributed by atoms with Crippen molar-refractivity contribution in [1.82, 2.24) is 24.4 Å². The molecule has 0 bridgehead atoms. The molecule has 4 aromatic rings. The molecule has 6 nitrogen and oxygen atoms in total. The van der Waals surface area contributed by atoms with Gasteiger partial charge in [-0.15, -0.1) is 0 Å². The quantitative estimate of drug-likeness (QED) is 0.433. The first-order valence-corrected chi connectivity index (χ1v) is 11.1. The topological polar surface area (TPSA) is 64.7 Å². The van der Waals surface area contributed by atoms with Gasteiger partial charge in [0.1, 0.15) is 0 Å². The second-order valence-corrected chi connectivity index (χ2v) is 8.43. The molecule has 0 unspecified atom stereocenters. The molecule has 0 aliphatic carbocycles. The van der Waals surface area contributed by atoms with Crippen LogP contribution < -0.4 is 5.32 Å². The molecule has 1 N–H and O–H groups in total. The van der Waals surface area contributed by atoms with Gasteiger partial charge >= 0.3 is 0 Å². The predicted molar refractivity (Wildman–Crippen MR) is 124 cm³/mol. The van der Waals surface area contributed by atoms with Crippen molar-refractivity contribution in [3.8, 4) is 11.4 Å². The number of hydrogen-bond acceptors (Lipinski definition) is 4. The number of amides is 1. The van der Waals surface area contributed by atoms with Gasteiger partial charge in [-0.25, -0.2) is 9.97 Å². The summed E-state index contributed by atoms with van der Waals surface area (Å²) in [6.07, 6.45) is 9.10. The van der Waals surface area contributed by atoms with E-state index in [0.717, 1.165) is 22.1 Å². The van der Waals surface area contributed by atoms with E-state index in [1.54, 1.807) is 18.7 Å². The summed E-state index contributed by atoms with van der Waals surface area (Å²) >= 11 is 1.43. The van der Waals surface area contributed by atoms with Gasteiger partial charge in [-0.3, -0.25) is 9.36 Å². The van der Waals surface area contributed by atoms with E-state index in [2.05, 4.69) is 47.3 Å². The molecule has 0 aliphatic heterocycles. The van der Waals surface area contributed by atoms with Crippen LogP contribution >= 0.6 is 11.8 Å². The average molecular weight is 432 g/mol. The lowest BCUT2D eigenvalue weighted by atomic mass is 10.1. The van der Waals surface area contributed by atoms with Crippen LogP contribution in [0.3, 0.4) is 0 Å². The minimum Gasteiger partial charge on any atom is -0.349 e. The maximum atomic E-state index is 12.5. The molecular weight excluding hydrogens is 406 g/mol. The molecule has 2 aromatic heterocycles. The molecule has 0 fully saturated rings. The second kappa shape index (κ2) is 9.22. The first-order chi connectivity index (χ1) is 15.0. The number of nitrogens with one attached hydrogen (secondary N) is 1. The first kappa shape index (κ1) is 20.9. The number of benzene rings is 2. The highest BCUT2D eigenvalue weighted by Crippen LogP contribution is 2.22. The lowest BCUT2D eigenvalue weighted by Crippen LogP contribution is -2.28. The normalized spacial score (nSPS) is 12.0. The van der Waals surface area contributed by atoms with Crippen LogP contribution in [-0.2, 0) is 4.79 Å². The maximum Gasteiger partial charge on any atom is 0.230 e. The standard InChI is InChI=1S/C24H25N5OS/c1-17-4-7-22(14-18(17)2)29-13-11-26-24(29)31-15-23(30)27-19(3)20-5-8-21(9-6-20)28-12-10-25-16-28/h4-14,16,19H,15H2,1-3H3,(H,27,30)/t19-/m1/s1. The molecule has 1 amide bonds. The zero-order valence-electron chi connectivity index (χ0n) is 17.8. The fourth-order valence-corrected chi connectivity index (χ4v) is 4.10. The number of carbonyl (C=O) groups excluding carboxylic acids is 1. The summed E-state index contributed by atoms with van der Waals surface area (Å²) in [5.41, 5.74) is 5.62. The Labute approximate surface area is 186 Å². The Morgan fingerprint density at radius 1 is 1.03 bits per heavy atom. The van der Waals surface area contributed by atoms with Crippen molar-refractivity contribution < 1.29 is 4.79 Å². The van der Waals surface area contributed by atoms with E-state index in [0.29, 0.717) is 5.75 Å². The second-order valence-electron chi connectivity index (χ2n) is 7.49. The number of rotatable bonds is 7. The number of hydrogen-bond donors (Lipinski definition) is 1. The molecule has 0 saturated heterocycles. The summed E-state index contributed by atoms with van der Waals surface area (Å²) in [5, 5.41) is 3.87. The highest BCUT2D eigenvalue weighted by Gasteiger charge is 2.13. The fraction of sp³-hybridized carbons (Fsp3) is 0.208. The van der Waals surface area contributed by atoms with Gasteiger partial charge in [0.15, 0.2) is 5.16 Å². The van der Waals surface area contributed by atoms with E-state index >= 15 is 0 Å². The Kier molecular flexibility index (Phi) is 6.23. The molecule has 2 aromatic carbocycles. The number of aromatic nitrogens is 4. The van der Waals surface area contributed by atoms with Crippen molar-refractivity contribution in [2.45, 2.75) is 32.0 Å². The van der Waals surface area contributed by atoms with Crippen molar-refractivity contribution in [3.05, 3.63) is 90.3 Å². The van der Waals surface area contributed by atoms with E-state index < -0.39 is 0 Å². The van der Waals surface area contributed by atoms with Crippen LogP contribution in [0.5, 0.6) is 0 Å². The van der Waals surface area contributed by atoms with Crippen LogP contribution in [-0.4, -0.2) is 30.8 Å². The van der Waals surface area contributed by atoms with Crippen LogP contribution in [0.1, 0.15) is 29.7 Å². The van der Waals surface area contributed by atoms with Gasteiger partial charge < -0.3 is 9.88 Å². The van der Waals surface area contributed by atoms with Gasteiger partial charge in [-0.1, -0.05) is 30.0 Å². The van der Waals surface area contributed by atoms with Gasteiger partial charge in [-0.2, -0.15) is 0 Å². The minimum absolute atomic E-state index is 0.0224. The molecule has 0 aliphatic rings. The SMILES string of the molecule is Cc1ccc(-n2ccnc2SCC(=O)N[C@H](C)c2ccc(-n3ccnc3)cc2)cc1C. The third kappa shape index (κ3) is 4.88. The maximum absolute atomic E-state index is 12.5. The van der Waals surface area contributed by atoms with E-state index in [9.17, 15) is 4.79 Å². The fourth-order valence-electron chi connectivity index (χ4n) is 3.31. The van der Waals surface area contributed by atoms with E-state index in [1.165, 1.54) is 22.9 Å². The molecule has 2 heterocycles. The van der Waals surface area contributed by atoms with E-state index in [-0.39, 0.29) is 11.9 Å². The Morgan fingerprint density at radius 2 is 1.81 bits per heavy atom. The predicted octanol–water partition coefficient (Wildman–Crippen LogP) is 4.64. The summed E-state index contributed by atoms with van der Waals surface area (Å²) in [5.74, 6) is 0.282. The van der Waals surface area contributed by atoms with Gasteiger partial charge in [0.05, 0.1) is 18.1 Å². The Balaban J connectivity index is 1.35. The van der Waals surface area contributed by atoms with Gasteiger partial charge in [0.25, 0.3) is 0 Å². The van der Waals surface area contributed by atoms with Crippen LogP contribution in [0.25, 0.3) is 11.4 Å². The highest BCUT2D eigenvalue weighted by molar-refractivity contribution is 7.99. The molecule has 0 spiro atoms. The third-order valence-electron chi connectivity index (χ3n) is 5.28. The molecule has 158 valence electrons. The molecular formula is C24H25N5OS. The Hall–Kier alpha value is -3.32. The van der Waals surface area contributed by atoms with Crippen LogP contribution in [0, 0.1) is 13.8 Å². The third-order valence-corrected chi connectivity index (χ3v) is 6.25. The lowest BCUT2D eigenvalue weighted by molar-refractivity contribution is -0.119. The number of aryl methyl sites for hydroxylation is 2. The average Bonchev–Trinajstić information content (AvgIpc) is 3.46. The zero-order valence-corrected chi connectivity index (χ0v) is 18.6. The minimum atomic E-state index is -0.0792.